The third kappa shape index (κ3) is 5.79. The van der Waals surface area contributed by atoms with E-state index in [1.807, 2.05) is 0 Å². The molecule has 0 spiro atoms. The zero-order valence-electron chi connectivity index (χ0n) is 32.6. The Kier molecular flexibility index (Phi) is 8.62. The number of aromatic nitrogens is 1. The Balaban J connectivity index is 1.10. The highest BCUT2D eigenvalue weighted by Crippen LogP contribution is 2.47. The van der Waals surface area contributed by atoms with Gasteiger partial charge in [0.25, 0.3) is 0 Å². The molecule has 1 saturated carbocycles. The highest BCUT2D eigenvalue weighted by Gasteiger charge is 2.24. The summed E-state index contributed by atoms with van der Waals surface area (Å²) in [6.45, 7) is 0. The minimum atomic E-state index is 0.596. The molecule has 58 heavy (non-hydrogen) atoms. The van der Waals surface area contributed by atoms with Crippen LogP contribution in [0.1, 0.15) is 43.6 Å². The molecule has 0 unspecified atom stereocenters. The van der Waals surface area contributed by atoms with E-state index in [4.69, 9.17) is 0 Å². The summed E-state index contributed by atoms with van der Waals surface area (Å²) >= 11 is 0. The Morgan fingerprint density at radius 1 is 0.397 bits per heavy atom. The number of hydrogen-bond donors (Lipinski definition) is 0. The maximum absolute atomic E-state index is 2.49. The normalized spacial score (nSPS) is 13.4. The van der Waals surface area contributed by atoms with Crippen LogP contribution in [0, 0.1) is 0 Å². The lowest BCUT2D eigenvalue weighted by Gasteiger charge is -2.30. The van der Waals surface area contributed by atoms with Crippen molar-refractivity contribution >= 4 is 60.4 Å². The molecule has 9 aromatic carbocycles. The lowest BCUT2D eigenvalue weighted by Crippen LogP contribution is -2.12. The molecule has 10 aromatic rings. The van der Waals surface area contributed by atoms with Gasteiger partial charge in [-0.3, -0.25) is 0 Å². The van der Waals surface area contributed by atoms with Gasteiger partial charge in [0.2, 0.25) is 0 Å². The topological polar surface area (TPSA) is 8.17 Å². The van der Waals surface area contributed by atoms with Gasteiger partial charge in [-0.1, -0.05) is 171 Å². The van der Waals surface area contributed by atoms with Gasteiger partial charge in [0.15, 0.2) is 0 Å². The van der Waals surface area contributed by atoms with Crippen molar-refractivity contribution in [2.75, 3.05) is 4.90 Å². The fourth-order valence-corrected chi connectivity index (χ4v) is 9.96. The number of benzene rings is 9. The van der Waals surface area contributed by atoms with E-state index < -0.39 is 0 Å². The zero-order valence-corrected chi connectivity index (χ0v) is 32.6. The van der Waals surface area contributed by atoms with Gasteiger partial charge >= 0.3 is 0 Å². The SMILES string of the molecule is c1ccc(-n2c3ccccc3c3c(-c4ccc(N(c5ccccc5-c5cccc6cccc(C7CCCCC7)c56)c5cccc6ccccc56)cc4)cccc32)cc1. The molecule has 2 nitrogen and oxygen atoms in total. The lowest BCUT2D eigenvalue weighted by atomic mass is 9.80. The fourth-order valence-electron chi connectivity index (χ4n) is 9.96. The van der Waals surface area contributed by atoms with Crippen molar-refractivity contribution < 1.29 is 0 Å². The summed E-state index contributed by atoms with van der Waals surface area (Å²) in [4.78, 5) is 2.49. The van der Waals surface area contributed by atoms with E-state index in [0.29, 0.717) is 5.92 Å². The standard InChI is InChI=1S/C56H44N2/c1-3-17-40(18-4-1)46-28-13-21-42-22-14-30-49(55(42)46)48-26-9-11-31-52(48)57(51-33-15-20-39-19-7-8-25-45(39)51)44-37-35-41(36-38-44)47-29-16-34-54-56(47)50-27-10-12-32-53(50)58(54)43-23-5-2-6-24-43/h2,5-16,19-38,40H,1,3-4,17-18H2. The van der Waals surface area contributed by atoms with Crippen molar-refractivity contribution in [3.8, 4) is 27.9 Å². The van der Waals surface area contributed by atoms with Crippen LogP contribution in [-0.2, 0) is 0 Å². The second-order valence-electron chi connectivity index (χ2n) is 15.9. The predicted molar refractivity (Wildman–Crippen MR) is 247 cm³/mol. The highest BCUT2D eigenvalue weighted by atomic mass is 15.1. The van der Waals surface area contributed by atoms with E-state index in [2.05, 4.69) is 210 Å². The number of hydrogen-bond acceptors (Lipinski definition) is 1. The molecule has 11 rings (SSSR count). The maximum atomic E-state index is 2.49. The Labute approximate surface area is 340 Å². The average molecular weight is 745 g/mol. The van der Waals surface area contributed by atoms with Crippen LogP contribution in [0.4, 0.5) is 17.1 Å². The molecule has 2 heteroatoms. The first-order chi connectivity index (χ1) is 28.8. The second kappa shape index (κ2) is 14.6. The first-order valence-electron chi connectivity index (χ1n) is 20.9. The van der Waals surface area contributed by atoms with E-state index in [1.165, 1.54) is 120 Å². The summed E-state index contributed by atoms with van der Waals surface area (Å²) in [6, 6.07) is 73.9. The van der Waals surface area contributed by atoms with Crippen LogP contribution < -0.4 is 4.90 Å². The van der Waals surface area contributed by atoms with Gasteiger partial charge in [-0.25, -0.2) is 0 Å². The molecule has 278 valence electrons. The summed E-state index contributed by atoms with van der Waals surface area (Å²) in [5.74, 6) is 0.596. The predicted octanol–water partition coefficient (Wildman–Crippen LogP) is 15.9. The summed E-state index contributed by atoms with van der Waals surface area (Å²) in [5, 5.41) is 7.71. The van der Waals surface area contributed by atoms with Gasteiger partial charge < -0.3 is 9.47 Å². The van der Waals surface area contributed by atoms with Gasteiger partial charge in [-0.15, -0.1) is 0 Å². The molecule has 0 atom stereocenters. The molecule has 1 aliphatic rings. The van der Waals surface area contributed by atoms with E-state index >= 15 is 0 Å². The first kappa shape index (κ1) is 34.4. The molecule has 0 bridgehead atoms. The molecular weight excluding hydrogens is 701 g/mol. The summed E-state index contributed by atoms with van der Waals surface area (Å²) in [7, 11) is 0. The molecule has 1 aliphatic carbocycles. The van der Waals surface area contributed by atoms with Gasteiger partial charge in [0.1, 0.15) is 0 Å². The average Bonchev–Trinajstić information content (AvgIpc) is 3.64. The van der Waals surface area contributed by atoms with Crippen molar-refractivity contribution in [3.05, 3.63) is 206 Å². The zero-order chi connectivity index (χ0) is 38.4. The second-order valence-corrected chi connectivity index (χ2v) is 15.9. The van der Waals surface area contributed by atoms with E-state index in [-0.39, 0.29) is 0 Å². The summed E-state index contributed by atoms with van der Waals surface area (Å²) in [6.07, 6.45) is 6.51. The van der Waals surface area contributed by atoms with Crippen molar-refractivity contribution in [1.29, 1.82) is 0 Å². The Hall–Kier alpha value is -6.90. The van der Waals surface area contributed by atoms with Crippen molar-refractivity contribution in [3.63, 3.8) is 0 Å². The van der Waals surface area contributed by atoms with Gasteiger partial charge in [-0.2, -0.15) is 0 Å². The van der Waals surface area contributed by atoms with Crippen molar-refractivity contribution in [1.82, 2.24) is 4.57 Å². The quantitative estimate of drug-likeness (QED) is 0.158. The molecule has 0 radical (unpaired) electrons. The lowest BCUT2D eigenvalue weighted by molar-refractivity contribution is 0.445. The summed E-state index contributed by atoms with van der Waals surface area (Å²) in [5.41, 5.74) is 13.5. The van der Waals surface area contributed by atoms with Crippen molar-refractivity contribution in [2.45, 2.75) is 38.0 Å². The number of para-hydroxylation sites is 3. The minimum Gasteiger partial charge on any atom is -0.309 e. The Morgan fingerprint density at radius 2 is 1.00 bits per heavy atom. The van der Waals surface area contributed by atoms with Crippen molar-refractivity contribution in [2.24, 2.45) is 0 Å². The highest BCUT2D eigenvalue weighted by molar-refractivity contribution is 6.16. The first-order valence-corrected chi connectivity index (χ1v) is 20.9. The Morgan fingerprint density at radius 3 is 1.86 bits per heavy atom. The van der Waals surface area contributed by atoms with Gasteiger partial charge in [-0.05, 0) is 106 Å². The molecule has 1 aromatic heterocycles. The minimum absolute atomic E-state index is 0.596. The van der Waals surface area contributed by atoms with Crippen LogP contribution >= 0.6 is 0 Å². The molecule has 1 heterocycles. The number of fused-ring (bicyclic) bond motifs is 5. The van der Waals surface area contributed by atoms with Gasteiger partial charge in [0.05, 0.1) is 22.4 Å². The number of anilines is 3. The fraction of sp³-hybridized carbons (Fsp3) is 0.107. The third-order valence-corrected chi connectivity index (χ3v) is 12.6. The van der Waals surface area contributed by atoms with Crippen LogP contribution in [-0.4, -0.2) is 4.57 Å². The largest absolute Gasteiger partial charge is 0.309 e. The van der Waals surface area contributed by atoms with E-state index in [0.717, 1.165) is 5.69 Å². The maximum Gasteiger partial charge on any atom is 0.0547 e. The monoisotopic (exact) mass is 744 g/mol. The van der Waals surface area contributed by atoms with E-state index in [1.54, 1.807) is 0 Å². The Bertz CT molecular complexity index is 3080. The molecular formula is C56H44N2. The summed E-state index contributed by atoms with van der Waals surface area (Å²) < 4.78 is 2.40. The van der Waals surface area contributed by atoms with Gasteiger partial charge in [0, 0.05) is 33.1 Å². The third-order valence-electron chi connectivity index (χ3n) is 12.6. The van der Waals surface area contributed by atoms with Crippen LogP contribution in [0.15, 0.2) is 200 Å². The number of rotatable bonds is 7. The molecule has 0 aliphatic heterocycles. The smallest absolute Gasteiger partial charge is 0.0547 e. The molecule has 0 N–H and O–H groups in total. The number of nitrogens with zero attached hydrogens (tertiary/aromatic N) is 2. The molecule has 0 saturated heterocycles. The molecule has 0 amide bonds. The van der Waals surface area contributed by atoms with Crippen LogP contribution in [0.2, 0.25) is 0 Å². The van der Waals surface area contributed by atoms with Crippen LogP contribution in [0.5, 0.6) is 0 Å². The van der Waals surface area contributed by atoms with Crippen LogP contribution in [0.3, 0.4) is 0 Å². The van der Waals surface area contributed by atoms with E-state index in [9.17, 15) is 0 Å². The van der Waals surface area contributed by atoms with Crippen LogP contribution in [0.25, 0.3) is 71.3 Å². The molecule has 1 fully saturated rings.